The van der Waals surface area contributed by atoms with Gasteiger partial charge in [0.15, 0.2) is 17.2 Å². The lowest BCUT2D eigenvalue weighted by Gasteiger charge is -2.07. The second kappa shape index (κ2) is 4.93. The minimum atomic E-state index is -0.321. The topological polar surface area (TPSA) is 87.6 Å². The van der Waals surface area contributed by atoms with Gasteiger partial charge in [0.2, 0.25) is 0 Å². The van der Waals surface area contributed by atoms with Gasteiger partial charge in [-0.15, -0.1) is 0 Å². The number of aromatic hydroxyl groups is 1. The number of nitrogens with zero attached hydrogens (tertiary/aromatic N) is 1. The average Bonchev–Trinajstić information content (AvgIpc) is 2.60. The van der Waals surface area contributed by atoms with Crippen LogP contribution in [0, 0.1) is 0 Å². The Hall–Kier alpha value is -2.02. The summed E-state index contributed by atoms with van der Waals surface area (Å²) in [6.07, 6.45) is 1.54. The quantitative estimate of drug-likeness (QED) is 0.548. The average molecular weight is 327 g/mol. The van der Waals surface area contributed by atoms with Crippen molar-refractivity contribution in [3.8, 4) is 11.5 Å². The first kappa shape index (κ1) is 13.4. The summed E-state index contributed by atoms with van der Waals surface area (Å²) in [5.74, 6) is 0.208. The number of benzene rings is 1. The Kier molecular flexibility index (Phi) is 3.48. The molecule has 0 saturated heterocycles. The molecule has 19 heavy (non-hydrogen) atoms. The van der Waals surface area contributed by atoms with E-state index >= 15 is 0 Å². The summed E-state index contributed by atoms with van der Waals surface area (Å²) >= 11 is 3.32. The number of amides is 1. The Labute approximate surface area is 118 Å². The lowest BCUT2D eigenvalue weighted by Crippen LogP contribution is -2.32. The number of likely N-dealkylation sites (N-methyl/N-ethyl adjacent to an activating group) is 1. The largest absolute Gasteiger partial charge is 0.504 e. The molecule has 4 N–H and O–H groups in total. The molecule has 0 spiro atoms. The number of phenolic OH excluding ortho intramolecular Hbond substituents is 1. The molecule has 0 atom stereocenters. The fraction of sp³-hybridized carbons (Fsp3) is 0.167. The van der Waals surface area contributed by atoms with Crippen LogP contribution < -0.4 is 15.8 Å². The molecular formula is C12H13BrN3O3+. The Morgan fingerprint density at radius 1 is 1.53 bits per heavy atom. The standard InChI is InChI=1S/C12H12BrN3O3/c1-16-8(11(18)15-12(16)14)4-6-3-7(13)5-9(19-2)10(6)17/h3-5H,1-2H3,(H3,14,15,17,18)/p+1. The summed E-state index contributed by atoms with van der Waals surface area (Å²) in [6.45, 7) is 0. The highest BCUT2D eigenvalue weighted by Gasteiger charge is 2.29. The number of nitrogens with one attached hydrogen (secondary N) is 1. The van der Waals surface area contributed by atoms with Crippen molar-refractivity contribution in [2.45, 2.75) is 0 Å². The maximum absolute atomic E-state index is 11.7. The van der Waals surface area contributed by atoms with Crippen LogP contribution in [0.1, 0.15) is 5.56 Å². The zero-order chi connectivity index (χ0) is 14.2. The maximum Gasteiger partial charge on any atom is 0.356 e. The first-order chi connectivity index (χ1) is 8.93. The van der Waals surface area contributed by atoms with Gasteiger partial charge >= 0.3 is 11.9 Å². The molecule has 1 aromatic carbocycles. The van der Waals surface area contributed by atoms with Crippen LogP contribution in [0.3, 0.4) is 0 Å². The van der Waals surface area contributed by atoms with Gasteiger partial charge in [-0.3, -0.25) is 5.73 Å². The Bertz CT molecular complexity index is 623. The van der Waals surface area contributed by atoms with Gasteiger partial charge in [0.05, 0.1) is 14.2 Å². The van der Waals surface area contributed by atoms with Gasteiger partial charge in [0.25, 0.3) is 0 Å². The van der Waals surface area contributed by atoms with Crippen LogP contribution >= 0.6 is 15.9 Å². The fourth-order valence-corrected chi connectivity index (χ4v) is 2.17. The van der Waals surface area contributed by atoms with Crippen LogP contribution in [0.15, 0.2) is 22.3 Å². The summed E-state index contributed by atoms with van der Waals surface area (Å²) < 4.78 is 7.29. The Morgan fingerprint density at radius 3 is 2.74 bits per heavy atom. The molecule has 2 rings (SSSR count). The van der Waals surface area contributed by atoms with E-state index in [1.807, 2.05) is 0 Å². The predicted molar refractivity (Wildman–Crippen MR) is 73.9 cm³/mol. The number of hydrogen-bond acceptors (Lipinski definition) is 4. The van der Waals surface area contributed by atoms with Crippen molar-refractivity contribution in [3.05, 3.63) is 27.9 Å². The van der Waals surface area contributed by atoms with Crippen molar-refractivity contribution in [1.82, 2.24) is 5.32 Å². The number of carbonyl (C=O) groups is 1. The highest BCUT2D eigenvalue weighted by Crippen LogP contribution is 2.35. The molecule has 0 fully saturated rings. The van der Waals surface area contributed by atoms with Gasteiger partial charge < -0.3 is 9.84 Å². The van der Waals surface area contributed by atoms with E-state index in [1.165, 1.54) is 17.8 Å². The Morgan fingerprint density at radius 2 is 2.21 bits per heavy atom. The number of rotatable bonds is 2. The van der Waals surface area contributed by atoms with Crippen LogP contribution in [0.2, 0.25) is 0 Å². The van der Waals surface area contributed by atoms with E-state index < -0.39 is 0 Å². The monoisotopic (exact) mass is 326 g/mol. The first-order valence-corrected chi connectivity index (χ1v) is 6.19. The number of ether oxygens (including phenoxy) is 1. The molecular weight excluding hydrogens is 314 g/mol. The molecule has 0 bridgehead atoms. The molecule has 0 unspecified atom stereocenters. The van der Waals surface area contributed by atoms with Crippen molar-refractivity contribution >= 4 is 33.9 Å². The van der Waals surface area contributed by atoms with E-state index in [-0.39, 0.29) is 17.6 Å². The van der Waals surface area contributed by atoms with Gasteiger partial charge in [-0.05, 0) is 18.2 Å². The van der Waals surface area contributed by atoms with Crippen molar-refractivity contribution < 1.29 is 19.2 Å². The van der Waals surface area contributed by atoms with Crippen molar-refractivity contribution in [3.63, 3.8) is 0 Å². The molecule has 1 aliphatic heterocycles. The molecule has 0 saturated carbocycles. The van der Waals surface area contributed by atoms with E-state index in [1.54, 1.807) is 19.2 Å². The number of hydrogen-bond donors (Lipinski definition) is 3. The van der Waals surface area contributed by atoms with Crippen molar-refractivity contribution in [2.24, 2.45) is 5.73 Å². The van der Waals surface area contributed by atoms with Crippen LogP contribution in [0.4, 0.5) is 0 Å². The Balaban J connectivity index is 2.55. The molecule has 0 aliphatic carbocycles. The van der Waals surface area contributed by atoms with E-state index in [0.29, 0.717) is 17.0 Å². The number of halogens is 1. The predicted octanol–water partition coefficient (Wildman–Crippen LogP) is 0.591. The molecule has 6 nitrogen and oxygen atoms in total. The van der Waals surface area contributed by atoms with Gasteiger partial charge in [-0.1, -0.05) is 15.9 Å². The highest BCUT2D eigenvalue weighted by atomic mass is 79.9. The van der Waals surface area contributed by atoms with Gasteiger partial charge in [-0.25, -0.2) is 14.7 Å². The summed E-state index contributed by atoms with van der Waals surface area (Å²) in [5, 5.41) is 12.5. The van der Waals surface area contributed by atoms with Crippen molar-refractivity contribution in [2.75, 3.05) is 14.2 Å². The third kappa shape index (κ3) is 2.41. The van der Waals surface area contributed by atoms with Crippen LogP contribution in [-0.2, 0) is 4.79 Å². The van der Waals surface area contributed by atoms with Crippen molar-refractivity contribution in [1.29, 1.82) is 0 Å². The van der Waals surface area contributed by atoms with E-state index in [2.05, 4.69) is 21.2 Å². The summed E-state index contributed by atoms with van der Waals surface area (Å²) in [6, 6.07) is 3.32. The molecule has 7 heteroatoms. The normalized spacial score (nSPS) is 17.0. The van der Waals surface area contributed by atoms with Crippen LogP contribution in [-0.4, -0.2) is 35.7 Å². The minimum Gasteiger partial charge on any atom is -0.504 e. The summed E-state index contributed by atoms with van der Waals surface area (Å²) in [5.41, 5.74) is 6.41. The zero-order valence-corrected chi connectivity index (χ0v) is 12.0. The molecule has 1 aromatic rings. The second-order valence-electron chi connectivity index (χ2n) is 3.97. The van der Waals surface area contributed by atoms with Gasteiger partial charge in [-0.2, -0.15) is 0 Å². The molecule has 100 valence electrons. The fourth-order valence-electron chi connectivity index (χ4n) is 1.72. The molecule has 0 aromatic heterocycles. The summed E-state index contributed by atoms with van der Waals surface area (Å²) in [7, 11) is 3.11. The van der Waals surface area contributed by atoms with E-state index in [0.717, 1.165) is 4.47 Å². The maximum atomic E-state index is 11.7. The van der Waals surface area contributed by atoms with Gasteiger partial charge in [0.1, 0.15) is 0 Å². The lowest BCUT2D eigenvalue weighted by molar-refractivity contribution is -0.432. The molecule has 1 amide bonds. The smallest absolute Gasteiger partial charge is 0.356 e. The van der Waals surface area contributed by atoms with Crippen LogP contribution in [0.25, 0.3) is 6.08 Å². The minimum absolute atomic E-state index is 0.0372. The molecule has 0 radical (unpaired) electrons. The lowest BCUT2D eigenvalue weighted by atomic mass is 10.1. The number of carbonyl (C=O) groups excluding carboxylic acids is 1. The SMILES string of the molecule is COc1cc(Br)cc(/C=C2/C(=O)NC(N)=[N+]2C)c1O. The number of guanidine groups is 1. The zero-order valence-electron chi connectivity index (χ0n) is 10.4. The van der Waals surface area contributed by atoms with Gasteiger partial charge in [0, 0.05) is 10.0 Å². The number of methoxy groups -OCH3 is 1. The third-order valence-electron chi connectivity index (χ3n) is 2.78. The third-order valence-corrected chi connectivity index (χ3v) is 3.24. The second-order valence-corrected chi connectivity index (χ2v) is 4.89. The molecule has 1 heterocycles. The number of phenols is 1. The number of nitrogens with two attached hydrogens (primary N) is 1. The van der Waals surface area contributed by atoms with E-state index in [4.69, 9.17) is 10.5 Å². The highest BCUT2D eigenvalue weighted by molar-refractivity contribution is 9.10. The van der Waals surface area contributed by atoms with E-state index in [9.17, 15) is 9.90 Å². The molecule has 1 aliphatic rings. The first-order valence-electron chi connectivity index (χ1n) is 5.39. The van der Waals surface area contributed by atoms with Crippen LogP contribution in [0.5, 0.6) is 11.5 Å². The summed E-state index contributed by atoms with van der Waals surface area (Å²) in [4.78, 5) is 11.7.